The van der Waals surface area contributed by atoms with Crippen LogP contribution in [0.5, 0.6) is 0 Å². The minimum atomic E-state index is -0.411. The second kappa shape index (κ2) is 6.84. The highest BCUT2D eigenvalue weighted by Gasteiger charge is 2.23. The molecule has 0 spiro atoms. The van der Waals surface area contributed by atoms with Crippen molar-refractivity contribution in [2.45, 2.75) is 25.8 Å². The number of aromatic nitrogens is 2. The number of hydrogen-bond acceptors (Lipinski definition) is 5. The zero-order valence-corrected chi connectivity index (χ0v) is 14.3. The van der Waals surface area contributed by atoms with Crippen LogP contribution in [-0.2, 0) is 4.74 Å². The maximum absolute atomic E-state index is 14.2. The summed E-state index contributed by atoms with van der Waals surface area (Å²) in [4.78, 5) is 17.3. The third kappa shape index (κ3) is 3.06. The summed E-state index contributed by atoms with van der Waals surface area (Å²) >= 11 is 0. The van der Waals surface area contributed by atoms with Crippen LogP contribution < -0.4 is 5.32 Å². The lowest BCUT2D eigenvalue weighted by Crippen LogP contribution is -2.39. The van der Waals surface area contributed by atoms with Gasteiger partial charge in [-0.3, -0.25) is 4.79 Å². The highest BCUT2D eigenvalue weighted by molar-refractivity contribution is 6.07. The molecule has 1 aromatic carbocycles. The molecule has 1 aliphatic rings. The molecule has 6 nitrogen and oxygen atoms in total. The van der Waals surface area contributed by atoms with Crippen molar-refractivity contribution >= 4 is 17.0 Å². The Morgan fingerprint density at radius 2 is 2.04 bits per heavy atom. The number of hydrogen-bond donors (Lipinski definition) is 1. The molecule has 0 bridgehead atoms. The number of rotatable bonds is 3. The molecule has 0 aliphatic carbocycles. The van der Waals surface area contributed by atoms with Gasteiger partial charge in [-0.15, -0.1) is 0 Å². The largest absolute Gasteiger partial charge is 0.381 e. The van der Waals surface area contributed by atoms with E-state index in [4.69, 9.17) is 9.26 Å². The molecular weight excluding hydrogens is 337 g/mol. The summed E-state index contributed by atoms with van der Waals surface area (Å²) in [6.07, 6.45) is 1.53. The first-order chi connectivity index (χ1) is 12.6. The molecule has 0 unspecified atom stereocenters. The maximum atomic E-state index is 14.2. The van der Waals surface area contributed by atoms with Crippen LogP contribution in [0, 0.1) is 12.7 Å². The summed E-state index contributed by atoms with van der Waals surface area (Å²) in [6.45, 7) is 3.01. The van der Waals surface area contributed by atoms with Crippen molar-refractivity contribution in [2.75, 3.05) is 13.2 Å². The van der Waals surface area contributed by atoms with Crippen molar-refractivity contribution in [1.29, 1.82) is 0 Å². The van der Waals surface area contributed by atoms with Crippen molar-refractivity contribution in [1.82, 2.24) is 15.5 Å². The van der Waals surface area contributed by atoms with Crippen molar-refractivity contribution in [3.05, 3.63) is 47.4 Å². The third-order valence-electron chi connectivity index (χ3n) is 4.57. The molecule has 1 N–H and O–H groups in total. The fraction of sp³-hybridized carbons (Fsp3) is 0.316. The van der Waals surface area contributed by atoms with Crippen LogP contribution in [0.3, 0.4) is 0 Å². The first-order valence-corrected chi connectivity index (χ1v) is 8.54. The van der Waals surface area contributed by atoms with Gasteiger partial charge in [0, 0.05) is 24.8 Å². The van der Waals surface area contributed by atoms with E-state index in [2.05, 4.69) is 15.5 Å². The number of fused-ring (bicyclic) bond motifs is 1. The number of nitrogens with zero attached hydrogens (tertiary/aromatic N) is 2. The first-order valence-electron chi connectivity index (χ1n) is 8.54. The number of amides is 1. The number of halogens is 1. The predicted octanol–water partition coefficient (Wildman–Crippen LogP) is 3.25. The molecule has 1 aliphatic heterocycles. The summed E-state index contributed by atoms with van der Waals surface area (Å²) in [5.41, 5.74) is 1.83. The van der Waals surface area contributed by atoms with Gasteiger partial charge in [-0.25, -0.2) is 9.37 Å². The van der Waals surface area contributed by atoms with Gasteiger partial charge in [0.15, 0.2) is 0 Å². The molecule has 26 heavy (non-hydrogen) atoms. The molecule has 0 atom stereocenters. The van der Waals surface area contributed by atoms with Crippen LogP contribution in [0.25, 0.3) is 22.4 Å². The van der Waals surface area contributed by atoms with Gasteiger partial charge in [0.25, 0.3) is 11.6 Å². The van der Waals surface area contributed by atoms with Crippen LogP contribution in [0.2, 0.25) is 0 Å². The van der Waals surface area contributed by atoms with Gasteiger partial charge in [-0.1, -0.05) is 17.3 Å². The molecule has 1 amide bonds. The first kappa shape index (κ1) is 16.7. The Kier molecular flexibility index (Phi) is 4.38. The molecule has 0 radical (unpaired) electrons. The second-order valence-corrected chi connectivity index (χ2v) is 6.34. The lowest BCUT2D eigenvalue weighted by atomic mass is 10.0. The lowest BCUT2D eigenvalue weighted by Gasteiger charge is -2.23. The normalized spacial score (nSPS) is 15.3. The average Bonchev–Trinajstić information content (AvgIpc) is 3.03. The number of ether oxygens (including phenoxy) is 1. The molecule has 1 saturated heterocycles. The van der Waals surface area contributed by atoms with Crippen LogP contribution in [-0.4, -0.2) is 35.3 Å². The SMILES string of the molecule is Cc1noc2nc(-c3ccccc3F)cc(C(=O)NC3CCOCC3)c12. The fourth-order valence-electron chi connectivity index (χ4n) is 3.19. The Balaban J connectivity index is 1.78. The van der Waals surface area contributed by atoms with E-state index in [0.29, 0.717) is 41.1 Å². The number of nitrogens with one attached hydrogen (secondary N) is 1. The molecule has 3 aromatic rings. The topological polar surface area (TPSA) is 77.2 Å². The lowest BCUT2D eigenvalue weighted by molar-refractivity contribution is 0.0697. The molecule has 2 aromatic heterocycles. The summed E-state index contributed by atoms with van der Waals surface area (Å²) in [5.74, 6) is -0.653. The Bertz CT molecular complexity index is 964. The molecular formula is C19H18FN3O3. The van der Waals surface area contributed by atoms with Gasteiger partial charge < -0.3 is 14.6 Å². The summed E-state index contributed by atoms with van der Waals surface area (Å²) < 4.78 is 24.8. The van der Waals surface area contributed by atoms with E-state index >= 15 is 0 Å². The van der Waals surface area contributed by atoms with Crippen LogP contribution in [0.15, 0.2) is 34.9 Å². The fourth-order valence-corrected chi connectivity index (χ4v) is 3.19. The van der Waals surface area contributed by atoms with Gasteiger partial charge in [-0.05, 0) is 38.0 Å². The van der Waals surface area contributed by atoms with E-state index < -0.39 is 5.82 Å². The highest BCUT2D eigenvalue weighted by atomic mass is 19.1. The molecule has 134 valence electrons. The number of carbonyl (C=O) groups excluding carboxylic acids is 1. The summed E-state index contributed by atoms with van der Waals surface area (Å²) in [6, 6.07) is 7.95. The Hall–Kier alpha value is -2.80. The maximum Gasteiger partial charge on any atom is 0.259 e. The monoisotopic (exact) mass is 355 g/mol. The molecule has 0 saturated carbocycles. The molecule has 1 fully saturated rings. The summed E-state index contributed by atoms with van der Waals surface area (Å²) in [5, 5.41) is 7.49. The van der Waals surface area contributed by atoms with E-state index in [1.807, 2.05) is 0 Å². The van der Waals surface area contributed by atoms with E-state index in [9.17, 15) is 9.18 Å². The number of benzene rings is 1. The van der Waals surface area contributed by atoms with Crippen molar-refractivity contribution in [2.24, 2.45) is 0 Å². The van der Waals surface area contributed by atoms with Crippen LogP contribution >= 0.6 is 0 Å². The summed E-state index contributed by atoms with van der Waals surface area (Å²) in [7, 11) is 0. The quantitative estimate of drug-likeness (QED) is 0.780. The minimum Gasteiger partial charge on any atom is -0.381 e. The van der Waals surface area contributed by atoms with Crippen molar-refractivity contribution in [3.8, 4) is 11.3 Å². The van der Waals surface area contributed by atoms with Gasteiger partial charge in [0.1, 0.15) is 5.82 Å². The van der Waals surface area contributed by atoms with Gasteiger partial charge in [0.05, 0.1) is 22.3 Å². The van der Waals surface area contributed by atoms with Crippen molar-refractivity contribution in [3.63, 3.8) is 0 Å². The van der Waals surface area contributed by atoms with Crippen molar-refractivity contribution < 1.29 is 18.4 Å². The van der Waals surface area contributed by atoms with Crippen LogP contribution in [0.1, 0.15) is 28.9 Å². The number of pyridine rings is 1. The molecule has 4 rings (SSSR count). The van der Waals surface area contributed by atoms with Gasteiger partial charge >= 0.3 is 0 Å². The van der Waals surface area contributed by atoms with E-state index in [1.165, 1.54) is 6.07 Å². The highest BCUT2D eigenvalue weighted by Crippen LogP contribution is 2.28. The number of aryl methyl sites for hydroxylation is 1. The van der Waals surface area contributed by atoms with E-state index in [1.54, 1.807) is 31.2 Å². The molecule has 3 heterocycles. The smallest absolute Gasteiger partial charge is 0.259 e. The Morgan fingerprint density at radius 3 is 2.81 bits per heavy atom. The van der Waals surface area contributed by atoms with Gasteiger partial charge in [-0.2, -0.15) is 0 Å². The minimum absolute atomic E-state index is 0.0524. The van der Waals surface area contributed by atoms with E-state index in [-0.39, 0.29) is 17.7 Å². The number of carbonyl (C=O) groups is 1. The Morgan fingerprint density at radius 1 is 1.27 bits per heavy atom. The third-order valence-corrected chi connectivity index (χ3v) is 4.57. The average molecular weight is 355 g/mol. The molecule has 7 heteroatoms. The van der Waals surface area contributed by atoms with Gasteiger partial charge in [0.2, 0.25) is 0 Å². The second-order valence-electron chi connectivity index (χ2n) is 6.34. The zero-order chi connectivity index (χ0) is 18.1. The van der Waals surface area contributed by atoms with Crippen LogP contribution in [0.4, 0.5) is 4.39 Å². The Labute approximate surface area is 149 Å². The standard InChI is InChI=1S/C19H18FN3O3/c1-11-17-14(18(24)21-12-6-8-25-9-7-12)10-16(22-19(17)26-23-11)13-4-2-3-5-15(13)20/h2-5,10,12H,6-9H2,1H3,(H,21,24). The van der Waals surface area contributed by atoms with E-state index in [0.717, 1.165) is 12.8 Å². The zero-order valence-electron chi connectivity index (χ0n) is 14.3. The predicted molar refractivity (Wildman–Crippen MR) is 93.2 cm³/mol.